The van der Waals surface area contributed by atoms with E-state index in [4.69, 9.17) is 62.2 Å². The third kappa shape index (κ3) is 14.0. The first kappa shape index (κ1) is 42.7. The van der Waals surface area contributed by atoms with Crippen molar-refractivity contribution in [3.8, 4) is 5.69 Å². The molecule has 1 heterocycles. The van der Waals surface area contributed by atoms with Gasteiger partial charge < -0.3 is 20.5 Å². The van der Waals surface area contributed by atoms with Crippen molar-refractivity contribution in [2.24, 2.45) is 5.73 Å². The van der Waals surface area contributed by atoms with E-state index in [9.17, 15) is 14.4 Å². The summed E-state index contributed by atoms with van der Waals surface area (Å²) in [5.74, 6) is 0.0176. The van der Waals surface area contributed by atoms with Crippen molar-refractivity contribution >= 4 is 86.5 Å². The number of carbonyl (C=O) groups is 2. The smallest absolute Gasteiger partial charge is 0.338 e. The van der Waals surface area contributed by atoms with Gasteiger partial charge in [-0.2, -0.15) is 0 Å². The zero-order valence-electron chi connectivity index (χ0n) is 29.4. The van der Waals surface area contributed by atoms with Crippen LogP contribution < -0.4 is 16.6 Å². The minimum absolute atomic E-state index is 0.0795. The van der Waals surface area contributed by atoms with Crippen molar-refractivity contribution < 1.29 is 19.1 Å². The molecule has 3 rings (SSSR count). The topological polar surface area (TPSA) is 118 Å². The number of hydrogen-bond acceptors (Lipinski definition) is 8. The Morgan fingerprint density at radius 2 is 1.41 bits per heavy atom. The molecule has 0 bridgehead atoms. The maximum Gasteiger partial charge on any atom is 0.338 e. The van der Waals surface area contributed by atoms with E-state index in [0.29, 0.717) is 51.7 Å². The minimum atomic E-state index is -0.618. The molecular weight excluding hydrogens is 751 g/mol. The van der Waals surface area contributed by atoms with Crippen LogP contribution in [-0.2, 0) is 16.0 Å². The first-order valence-electron chi connectivity index (χ1n) is 17.6. The summed E-state index contributed by atoms with van der Waals surface area (Å²) in [6, 6.07) is 9.00. The van der Waals surface area contributed by atoms with Crippen LogP contribution in [-0.4, -0.2) is 45.1 Å². The fourth-order valence-corrected chi connectivity index (χ4v) is 7.26. The van der Waals surface area contributed by atoms with Crippen LogP contribution >= 0.6 is 58.8 Å². The van der Waals surface area contributed by atoms with Crippen LogP contribution in [0.2, 0.25) is 15.1 Å². The summed E-state index contributed by atoms with van der Waals surface area (Å²) >= 11 is 26.1. The molecule has 0 aliphatic rings. The number of carbonyl (C=O) groups excluding carboxylic acids is 2. The average Bonchev–Trinajstić information content (AvgIpc) is 3.39. The molecule has 2 aromatic carbocycles. The van der Waals surface area contributed by atoms with E-state index in [2.05, 4.69) is 12.2 Å². The largest absolute Gasteiger partial charge is 0.465 e. The molecule has 0 unspecified atom stereocenters. The molecule has 0 spiro atoms. The molecule has 1 aromatic heterocycles. The number of thioether (sulfide) groups is 1. The van der Waals surface area contributed by atoms with Crippen molar-refractivity contribution in [1.82, 2.24) is 9.36 Å². The Morgan fingerprint density at radius 1 is 0.804 bits per heavy atom. The number of anilines is 2. The van der Waals surface area contributed by atoms with Crippen molar-refractivity contribution in [3.05, 3.63) is 72.9 Å². The lowest BCUT2D eigenvalue weighted by Crippen LogP contribution is -2.23. The molecule has 14 heteroatoms. The number of nitrogens with two attached hydrogens (primary N) is 1. The van der Waals surface area contributed by atoms with E-state index >= 15 is 0 Å². The van der Waals surface area contributed by atoms with Crippen LogP contribution in [0, 0.1) is 0 Å². The van der Waals surface area contributed by atoms with E-state index in [1.807, 2.05) is 0 Å². The molecule has 0 aliphatic carbocycles. The number of rotatable bonds is 23. The van der Waals surface area contributed by atoms with Crippen LogP contribution in [0.25, 0.3) is 5.69 Å². The van der Waals surface area contributed by atoms with E-state index in [0.717, 1.165) is 25.7 Å². The van der Waals surface area contributed by atoms with E-state index < -0.39 is 17.5 Å². The molecule has 51 heavy (non-hydrogen) atoms. The maximum absolute atomic E-state index is 13.5. The van der Waals surface area contributed by atoms with Gasteiger partial charge in [-0.3, -0.25) is 9.48 Å². The first-order chi connectivity index (χ1) is 24.6. The Kier molecular flexibility index (Phi) is 19.3. The zero-order chi connectivity index (χ0) is 37.2. The number of ether oxygens (including phenoxy) is 2. The quantitative estimate of drug-likeness (QED) is 0.0549. The lowest BCUT2D eigenvalue weighted by Gasteiger charge is -2.19. The highest BCUT2D eigenvalue weighted by atomic mass is 35.5. The lowest BCUT2D eigenvalue weighted by molar-refractivity contribution is 0.0497. The van der Waals surface area contributed by atoms with Gasteiger partial charge in [0, 0.05) is 18.4 Å². The van der Waals surface area contributed by atoms with E-state index in [1.54, 1.807) is 22.9 Å². The summed E-state index contributed by atoms with van der Waals surface area (Å²) < 4.78 is 13.8. The molecule has 3 N–H and O–H groups in total. The fourth-order valence-electron chi connectivity index (χ4n) is 5.65. The van der Waals surface area contributed by atoms with E-state index in [-0.39, 0.29) is 21.3 Å². The summed E-state index contributed by atoms with van der Waals surface area (Å²) in [4.78, 5) is 38.6. The number of nitrogens with zero attached hydrogens (tertiary/aromatic N) is 2. The van der Waals surface area contributed by atoms with Gasteiger partial charge in [-0.25, -0.2) is 14.3 Å². The summed E-state index contributed by atoms with van der Waals surface area (Å²) in [6.45, 7) is 2.95. The second-order valence-electron chi connectivity index (χ2n) is 12.3. The molecule has 0 radical (unpaired) electrons. The zero-order valence-corrected chi connectivity index (χ0v) is 33.3. The molecule has 9 nitrogen and oxygen atoms in total. The molecule has 0 fully saturated rings. The van der Waals surface area contributed by atoms with Crippen LogP contribution in [0.1, 0.15) is 118 Å². The summed E-state index contributed by atoms with van der Waals surface area (Å²) in [5.41, 5.74) is 6.27. The van der Waals surface area contributed by atoms with Crippen LogP contribution in [0.5, 0.6) is 0 Å². The highest BCUT2D eigenvalue weighted by Gasteiger charge is 2.21. The average molecular weight is 800 g/mol. The molecule has 280 valence electrons. The van der Waals surface area contributed by atoms with Crippen LogP contribution in [0.4, 0.5) is 11.5 Å². The van der Waals surface area contributed by atoms with Gasteiger partial charge in [0.15, 0.2) is 0 Å². The Morgan fingerprint density at radius 3 is 2.00 bits per heavy atom. The minimum Gasteiger partial charge on any atom is -0.465 e. The van der Waals surface area contributed by atoms with Gasteiger partial charge in [0.2, 0.25) is 0 Å². The predicted octanol–water partition coefficient (Wildman–Crippen LogP) is 10.7. The van der Waals surface area contributed by atoms with Gasteiger partial charge >= 0.3 is 11.9 Å². The van der Waals surface area contributed by atoms with Gasteiger partial charge in [-0.15, -0.1) is 0 Å². The molecule has 0 aliphatic heterocycles. The highest BCUT2D eigenvalue weighted by molar-refractivity contribution is 8.22. The van der Waals surface area contributed by atoms with Crippen LogP contribution in [0.15, 0.2) is 41.2 Å². The Hall–Kier alpha value is -2.70. The predicted molar refractivity (Wildman–Crippen MR) is 216 cm³/mol. The number of nitrogens with one attached hydrogen (secondary N) is 1. The summed E-state index contributed by atoms with van der Waals surface area (Å²) in [7, 11) is 1.25. The second kappa shape index (κ2) is 23.1. The van der Waals surface area contributed by atoms with Crippen molar-refractivity contribution in [2.45, 2.75) is 103 Å². The molecule has 3 aromatic rings. The molecule has 0 atom stereocenters. The number of unbranched alkanes of at least 4 members (excludes halogenated alkanes) is 12. The Bertz CT molecular complexity index is 1640. The van der Waals surface area contributed by atoms with Gasteiger partial charge in [-0.05, 0) is 49.6 Å². The van der Waals surface area contributed by atoms with Crippen molar-refractivity contribution in [1.29, 1.82) is 0 Å². The van der Waals surface area contributed by atoms with Crippen molar-refractivity contribution in [2.75, 3.05) is 24.8 Å². The first-order valence-corrected chi connectivity index (χ1v) is 20.2. The number of methoxy groups -OCH3 is 1. The molecule has 0 saturated heterocycles. The summed E-state index contributed by atoms with van der Waals surface area (Å²) in [5, 5.41) is 3.71. The standard InChI is InChI=1S/C37H49Cl3N4O5S2/c1-3-4-5-6-7-8-9-10-11-12-13-15-20-49-36(47)26-17-18-28(38)31(24-26)42-32-25-33(45)44(43(32)19-14-16-21-51-37(41)50)34-29(39)22-27(23-30(34)40)35(46)48-2/h17-18,22-25,42H,3-16,19-21H2,1-2H3,(H2,41,50). The van der Waals surface area contributed by atoms with Crippen molar-refractivity contribution in [3.63, 3.8) is 0 Å². The number of halogens is 3. The second-order valence-corrected chi connectivity index (χ2v) is 15.4. The lowest BCUT2D eigenvalue weighted by atomic mass is 10.1. The number of esters is 2. The third-order valence-corrected chi connectivity index (χ3v) is 10.4. The molecule has 0 amide bonds. The SMILES string of the molecule is CCCCCCCCCCCCCCOC(=O)c1ccc(Cl)c(Nc2cc(=O)n(-c3c(Cl)cc(C(=O)OC)cc3Cl)n2CCCCSC(N)=S)c1. The number of benzene rings is 2. The summed E-state index contributed by atoms with van der Waals surface area (Å²) in [6.07, 6.45) is 16.1. The third-order valence-electron chi connectivity index (χ3n) is 8.34. The van der Waals surface area contributed by atoms with Gasteiger partial charge in [-0.1, -0.05) is 136 Å². The van der Waals surface area contributed by atoms with Gasteiger partial charge in [0.05, 0.1) is 45.6 Å². The fraction of sp³-hybridized carbons (Fsp3) is 0.514. The van der Waals surface area contributed by atoms with E-state index in [1.165, 1.54) is 99.5 Å². The Balaban J connectivity index is 1.68. The Labute approximate surface area is 325 Å². The number of thiocarbonyl (C=S) groups is 1. The van der Waals surface area contributed by atoms with Crippen LogP contribution in [0.3, 0.4) is 0 Å². The van der Waals surface area contributed by atoms with Gasteiger partial charge in [0.1, 0.15) is 15.8 Å². The maximum atomic E-state index is 13.5. The number of aromatic nitrogens is 2. The van der Waals surface area contributed by atoms with Gasteiger partial charge in [0.25, 0.3) is 5.56 Å². The normalized spacial score (nSPS) is 11.1. The number of hydrogen-bond donors (Lipinski definition) is 2. The highest BCUT2D eigenvalue weighted by Crippen LogP contribution is 2.33. The molecular formula is C37H49Cl3N4O5S2. The monoisotopic (exact) mass is 798 g/mol. The molecule has 0 saturated carbocycles.